The van der Waals surface area contributed by atoms with E-state index in [0.717, 1.165) is 39.8 Å². The average molecular weight is 436 g/mol. The number of rotatable bonds is 5. The van der Waals surface area contributed by atoms with Crippen LogP contribution in [0.1, 0.15) is 30.7 Å². The summed E-state index contributed by atoms with van der Waals surface area (Å²) in [4.78, 5) is 16.5. The number of nitrogens with zero attached hydrogens (tertiary/aromatic N) is 3. The summed E-state index contributed by atoms with van der Waals surface area (Å²) in [6.07, 6.45) is 2.56. The summed E-state index contributed by atoms with van der Waals surface area (Å²) in [5, 5.41) is 5.88. The predicted octanol–water partition coefficient (Wildman–Crippen LogP) is 5.97. The molecule has 0 bridgehead atoms. The van der Waals surface area contributed by atoms with E-state index in [1.165, 1.54) is 6.92 Å². The van der Waals surface area contributed by atoms with Crippen LogP contribution >= 0.6 is 11.6 Å². The van der Waals surface area contributed by atoms with Crippen LogP contribution in [0.3, 0.4) is 0 Å². The molecular formula is C24H22ClN3O3. The van der Waals surface area contributed by atoms with Gasteiger partial charge in [0.2, 0.25) is 5.88 Å². The van der Waals surface area contributed by atoms with Crippen LogP contribution in [0, 0.1) is 13.8 Å². The molecule has 4 aromatic rings. The summed E-state index contributed by atoms with van der Waals surface area (Å²) in [5.41, 5.74) is 4.29. The molecule has 0 atom stereocenters. The van der Waals surface area contributed by atoms with Crippen LogP contribution < -0.4 is 9.47 Å². The second-order valence-corrected chi connectivity index (χ2v) is 7.71. The summed E-state index contributed by atoms with van der Waals surface area (Å²) in [5.74, 6) is 1.21. The molecule has 6 nitrogen and oxygen atoms in total. The highest BCUT2D eigenvalue weighted by atomic mass is 35.5. The van der Waals surface area contributed by atoms with Crippen molar-refractivity contribution < 1.29 is 14.3 Å². The monoisotopic (exact) mass is 435 g/mol. The predicted molar refractivity (Wildman–Crippen MR) is 121 cm³/mol. The van der Waals surface area contributed by atoms with Crippen LogP contribution in [0.15, 0.2) is 48.7 Å². The minimum Gasteiger partial charge on any atom is -0.437 e. The third-order valence-electron chi connectivity index (χ3n) is 5.02. The Morgan fingerprint density at radius 3 is 2.55 bits per heavy atom. The highest BCUT2D eigenvalue weighted by Crippen LogP contribution is 2.36. The lowest BCUT2D eigenvalue weighted by Gasteiger charge is -2.15. The molecule has 0 saturated carbocycles. The van der Waals surface area contributed by atoms with Crippen molar-refractivity contribution in [2.24, 2.45) is 0 Å². The zero-order valence-electron chi connectivity index (χ0n) is 17.8. The number of esters is 1. The molecule has 0 N–H and O–H groups in total. The molecule has 0 radical (unpaired) electrons. The van der Waals surface area contributed by atoms with Gasteiger partial charge in [0.1, 0.15) is 11.5 Å². The van der Waals surface area contributed by atoms with Gasteiger partial charge >= 0.3 is 5.97 Å². The molecule has 0 amide bonds. The van der Waals surface area contributed by atoms with Gasteiger partial charge in [0, 0.05) is 40.9 Å². The quantitative estimate of drug-likeness (QED) is 0.361. The topological polar surface area (TPSA) is 66.2 Å². The molecule has 0 saturated heterocycles. The van der Waals surface area contributed by atoms with Gasteiger partial charge in [-0.05, 0) is 62.2 Å². The third-order valence-corrected chi connectivity index (χ3v) is 5.27. The maximum atomic E-state index is 11.7. The van der Waals surface area contributed by atoms with E-state index in [0.29, 0.717) is 22.4 Å². The lowest BCUT2D eigenvalue weighted by molar-refractivity contribution is -0.131. The first-order valence-corrected chi connectivity index (χ1v) is 10.3. The van der Waals surface area contributed by atoms with E-state index in [4.69, 9.17) is 26.1 Å². The van der Waals surface area contributed by atoms with E-state index >= 15 is 0 Å². The van der Waals surface area contributed by atoms with Crippen molar-refractivity contribution >= 4 is 28.5 Å². The number of fused-ring (bicyclic) bond motifs is 1. The first-order valence-electron chi connectivity index (χ1n) is 9.97. The zero-order chi connectivity index (χ0) is 22.1. The van der Waals surface area contributed by atoms with Crippen molar-refractivity contribution in [3.05, 3.63) is 70.5 Å². The molecule has 0 aliphatic carbocycles. The number of aromatic nitrogens is 3. The molecule has 31 heavy (non-hydrogen) atoms. The lowest BCUT2D eigenvalue weighted by Crippen LogP contribution is -2.06. The van der Waals surface area contributed by atoms with Crippen LogP contribution in [0.25, 0.3) is 16.6 Å². The number of hydrogen-bond acceptors (Lipinski definition) is 5. The maximum Gasteiger partial charge on any atom is 0.308 e. The number of benzene rings is 2. The van der Waals surface area contributed by atoms with Gasteiger partial charge in [-0.15, -0.1) is 5.10 Å². The summed E-state index contributed by atoms with van der Waals surface area (Å²) >= 11 is 5.96. The highest BCUT2D eigenvalue weighted by Gasteiger charge is 2.17. The summed E-state index contributed by atoms with van der Waals surface area (Å²) in [6.45, 7) is 7.29. The number of pyridine rings is 1. The molecule has 0 fully saturated rings. The maximum absolute atomic E-state index is 11.7. The Morgan fingerprint density at radius 1 is 1.13 bits per heavy atom. The summed E-state index contributed by atoms with van der Waals surface area (Å²) < 4.78 is 13.3. The molecule has 0 aliphatic rings. The van der Waals surface area contributed by atoms with Crippen LogP contribution in [0.5, 0.6) is 17.4 Å². The number of ether oxygens (including phenoxy) is 2. The number of carbonyl (C=O) groups excluding carboxylic acids is 1. The van der Waals surface area contributed by atoms with E-state index in [-0.39, 0.29) is 5.97 Å². The number of halogens is 1. The second-order valence-electron chi connectivity index (χ2n) is 7.27. The largest absolute Gasteiger partial charge is 0.437 e. The van der Waals surface area contributed by atoms with Crippen molar-refractivity contribution in [2.45, 2.75) is 34.1 Å². The molecule has 4 rings (SSSR count). The second kappa shape index (κ2) is 8.40. The average Bonchev–Trinajstić information content (AvgIpc) is 3.20. The number of aryl methyl sites for hydroxylation is 2. The van der Waals surface area contributed by atoms with Gasteiger partial charge in [0.15, 0.2) is 0 Å². The molecule has 2 aromatic carbocycles. The Labute approximate surface area is 185 Å². The minimum absolute atomic E-state index is 0.373. The SMILES string of the molecule is CCc1nc2cc(C)c(Oc3ccn(-c4ccc(Cl)cc4)n3)cc2c(OC(C)=O)c1C. The van der Waals surface area contributed by atoms with Crippen molar-refractivity contribution in [1.82, 2.24) is 14.8 Å². The van der Waals surface area contributed by atoms with Crippen molar-refractivity contribution in [2.75, 3.05) is 0 Å². The van der Waals surface area contributed by atoms with Gasteiger partial charge < -0.3 is 9.47 Å². The normalized spacial score (nSPS) is 11.0. The van der Waals surface area contributed by atoms with E-state index in [1.807, 2.05) is 63.4 Å². The third kappa shape index (κ3) is 4.25. The first-order chi connectivity index (χ1) is 14.9. The van der Waals surface area contributed by atoms with Crippen LogP contribution in [-0.4, -0.2) is 20.7 Å². The van der Waals surface area contributed by atoms with E-state index < -0.39 is 0 Å². The van der Waals surface area contributed by atoms with Gasteiger partial charge in [-0.3, -0.25) is 9.78 Å². The fraction of sp³-hybridized carbons (Fsp3) is 0.208. The summed E-state index contributed by atoms with van der Waals surface area (Å²) in [6, 6.07) is 13.0. The Balaban J connectivity index is 1.73. The minimum atomic E-state index is -0.373. The Kier molecular flexibility index (Phi) is 5.65. The van der Waals surface area contributed by atoms with Gasteiger partial charge in [-0.1, -0.05) is 18.5 Å². The molecule has 158 valence electrons. The van der Waals surface area contributed by atoms with Gasteiger partial charge in [0.25, 0.3) is 0 Å². The smallest absolute Gasteiger partial charge is 0.308 e. The van der Waals surface area contributed by atoms with Crippen LogP contribution in [0.4, 0.5) is 0 Å². The molecule has 7 heteroatoms. The van der Waals surface area contributed by atoms with Gasteiger partial charge in [0.05, 0.1) is 11.2 Å². The first kappa shape index (κ1) is 20.9. The van der Waals surface area contributed by atoms with E-state index in [2.05, 4.69) is 5.10 Å². The molecule has 2 heterocycles. The van der Waals surface area contributed by atoms with Crippen LogP contribution in [0.2, 0.25) is 5.02 Å². The number of hydrogen-bond donors (Lipinski definition) is 0. The lowest BCUT2D eigenvalue weighted by atomic mass is 10.0. The Hall–Kier alpha value is -3.38. The molecular weight excluding hydrogens is 414 g/mol. The Morgan fingerprint density at radius 2 is 1.87 bits per heavy atom. The summed E-state index contributed by atoms with van der Waals surface area (Å²) in [7, 11) is 0. The molecule has 2 aromatic heterocycles. The van der Waals surface area contributed by atoms with E-state index in [1.54, 1.807) is 10.7 Å². The molecule has 0 unspecified atom stereocenters. The fourth-order valence-corrected chi connectivity index (χ4v) is 3.58. The number of carbonyl (C=O) groups is 1. The highest BCUT2D eigenvalue weighted by molar-refractivity contribution is 6.30. The van der Waals surface area contributed by atoms with Crippen molar-refractivity contribution in [3.8, 4) is 23.1 Å². The standard InChI is InChI=1S/C24H22ClN3O3/c1-5-20-15(3)24(30-16(4)29)19-13-22(14(2)12-21(19)26-20)31-23-10-11-28(27-23)18-8-6-17(25)7-9-18/h6-13H,5H2,1-4H3. The Bertz CT molecular complexity index is 1280. The molecule has 0 spiro atoms. The zero-order valence-corrected chi connectivity index (χ0v) is 18.5. The van der Waals surface area contributed by atoms with Gasteiger partial charge in [-0.2, -0.15) is 0 Å². The van der Waals surface area contributed by atoms with Gasteiger partial charge in [-0.25, -0.2) is 4.68 Å². The van der Waals surface area contributed by atoms with Crippen molar-refractivity contribution in [3.63, 3.8) is 0 Å². The fourth-order valence-electron chi connectivity index (χ4n) is 3.45. The van der Waals surface area contributed by atoms with Crippen LogP contribution in [-0.2, 0) is 11.2 Å². The molecule has 0 aliphatic heterocycles. The van der Waals surface area contributed by atoms with Crippen molar-refractivity contribution in [1.29, 1.82) is 0 Å². The van der Waals surface area contributed by atoms with E-state index in [9.17, 15) is 4.79 Å².